The highest BCUT2D eigenvalue weighted by atomic mass is 32.2. The number of carbonyl (C=O) groups is 3. The fraction of sp³-hybridized carbons (Fsp3) is 0.450. The Hall–Kier alpha value is -2.12. The molecule has 7 heteroatoms. The molecule has 2 heterocycles. The molecule has 1 fully saturated rings. The van der Waals surface area contributed by atoms with Crippen molar-refractivity contribution in [2.24, 2.45) is 0 Å². The van der Waals surface area contributed by atoms with E-state index in [-0.39, 0.29) is 23.4 Å². The van der Waals surface area contributed by atoms with Crippen molar-refractivity contribution in [3.8, 4) is 0 Å². The summed E-state index contributed by atoms with van der Waals surface area (Å²) in [7, 11) is 0. The normalized spacial score (nSPS) is 22.6. The third-order valence-electron chi connectivity index (χ3n) is 4.87. The van der Waals surface area contributed by atoms with Crippen LogP contribution in [0.2, 0.25) is 0 Å². The zero-order valence-electron chi connectivity index (χ0n) is 15.4. The molecule has 0 aliphatic carbocycles. The number of aryl methyl sites for hydroxylation is 1. The largest absolute Gasteiger partial charge is 0.481 e. The number of rotatable bonds is 7. The molecule has 0 aromatic heterocycles. The summed E-state index contributed by atoms with van der Waals surface area (Å²) in [5.41, 5.74) is 1.78. The molecule has 0 spiro atoms. The molecule has 144 valence electrons. The third kappa shape index (κ3) is 4.09. The lowest BCUT2D eigenvalue weighted by Crippen LogP contribution is -2.40. The van der Waals surface area contributed by atoms with E-state index in [4.69, 9.17) is 4.74 Å². The van der Waals surface area contributed by atoms with Crippen molar-refractivity contribution in [3.05, 3.63) is 46.5 Å². The average molecular weight is 389 g/mol. The summed E-state index contributed by atoms with van der Waals surface area (Å²) in [5.74, 6) is -1.77. The Morgan fingerprint density at radius 1 is 1.37 bits per heavy atom. The first-order valence-electron chi connectivity index (χ1n) is 8.94. The Labute approximate surface area is 162 Å². The Kier molecular flexibility index (Phi) is 6.01. The van der Waals surface area contributed by atoms with Gasteiger partial charge in [-0.2, -0.15) is 0 Å². The Balaban J connectivity index is 1.98. The predicted octanol–water partition coefficient (Wildman–Crippen LogP) is 2.66. The van der Waals surface area contributed by atoms with E-state index in [0.717, 1.165) is 18.4 Å². The Bertz CT molecular complexity index is 797. The van der Waals surface area contributed by atoms with Crippen LogP contribution in [0.4, 0.5) is 0 Å². The van der Waals surface area contributed by atoms with Crippen molar-refractivity contribution in [2.75, 3.05) is 19.4 Å². The van der Waals surface area contributed by atoms with Gasteiger partial charge in [-0.05, 0) is 32.1 Å². The molecule has 1 amide bonds. The zero-order chi connectivity index (χ0) is 19.6. The molecule has 2 atom stereocenters. The topological polar surface area (TPSA) is 83.9 Å². The maximum atomic E-state index is 13.2. The van der Waals surface area contributed by atoms with Crippen LogP contribution in [0.5, 0.6) is 0 Å². The average Bonchev–Trinajstić information content (AvgIpc) is 3.23. The standard InChI is InChI=1S/C20H23NO5S/c1-12-5-3-6-13(9-12)18(24)17-15(10-16(22)23)19(25)21(20(17)27-2)11-14-7-4-8-26-14/h3,5-6,9,14,20H,4,7-8,10-11H2,1-2H3,(H,22,23)/t14-,20-/m0/s1. The number of amides is 1. The molecule has 6 nitrogen and oxygen atoms in total. The van der Waals surface area contributed by atoms with E-state index >= 15 is 0 Å². The van der Waals surface area contributed by atoms with Gasteiger partial charge in [0.25, 0.3) is 5.91 Å². The summed E-state index contributed by atoms with van der Waals surface area (Å²) < 4.78 is 5.65. The molecule has 27 heavy (non-hydrogen) atoms. The van der Waals surface area contributed by atoms with Gasteiger partial charge in [0.05, 0.1) is 12.5 Å². The van der Waals surface area contributed by atoms with Gasteiger partial charge in [-0.15, -0.1) is 11.8 Å². The number of hydrogen-bond donors (Lipinski definition) is 1. The molecule has 0 radical (unpaired) electrons. The van der Waals surface area contributed by atoms with Crippen LogP contribution in [-0.4, -0.2) is 58.6 Å². The quantitative estimate of drug-likeness (QED) is 0.722. The molecule has 3 rings (SSSR count). The van der Waals surface area contributed by atoms with Gasteiger partial charge in [-0.25, -0.2) is 0 Å². The number of hydrogen-bond acceptors (Lipinski definition) is 5. The van der Waals surface area contributed by atoms with Gasteiger partial charge in [0.1, 0.15) is 5.37 Å². The van der Waals surface area contributed by atoms with Gasteiger partial charge in [0.15, 0.2) is 5.78 Å². The van der Waals surface area contributed by atoms with Crippen LogP contribution in [-0.2, 0) is 14.3 Å². The molecule has 1 saturated heterocycles. The Morgan fingerprint density at radius 2 is 2.15 bits per heavy atom. The first-order chi connectivity index (χ1) is 12.9. The molecule has 1 N–H and O–H groups in total. The van der Waals surface area contributed by atoms with Gasteiger partial charge < -0.3 is 14.7 Å². The predicted molar refractivity (Wildman–Crippen MR) is 103 cm³/mol. The van der Waals surface area contributed by atoms with Crippen LogP contribution >= 0.6 is 11.8 Å². The number of carboxylic acids is 1. The van der Waals surface area contributed by atoms with Crippen molar-refractivity contribution in [1.29, 1.82) is 0 Å². The monoisotopic (exact) mass is 389 g/mol. The first kappa shape index (κ1) is 19.6. The van der Waals surface area contributed by atoms with E-state index in [0.29, 0.717) is 24.3 Å². The number of Topliss-reactive ketones (excluding diaryl/α,β-unsaturated/α-hetero) is 1. The molecule has 0 bridgehead atoms. The fourth-order valence-corrected chi connectivity index (χ4v) is 4.57. The van der Waals surface area contributed by atoms with Crippen LogP contribution in [0.15, 0.2) is 35.4 Å². The second kappa shape index (κ2) is 8.27. The van der Waals surface area contributed by atoms with E-state index in [1.807, 2.05) is 19.2 Å². The van der Waals surface area contributed by atoms with Crippen LogP contribution in [0.3, 0.4) is 0 Å². The molecule has 2 aliphatic heterocycles. The summed E-state index contributed by atoms with van der Waals surface area (Å²) in [6, 6.07) is 7.14. The van der Waals surface area contributed by atoms with Crippen molar-refractivity contribution in [1.82, 2.24) is 4.90 Å². The summed E-state index contributed by atoms with van der Waals surface area (Å²) in [6.07, 6.45) is 3.11. The van der Waals surface area contributed by atoms with Crippen molar-refractivity contribution >= 4 is 29.4 Å². The summed E-state index contributed by atoms with van der Waals surface area (Å²) >= 11 is 1.37. The van der Waals surface area contributed by atoms with Gasteiger partial charge in [-0.3, -0.25) is 14.4 Å². The number of ketones is 1. The number of ether oxygens (including phenoxy) is 1. The fourth-order valence-electron chi connectivity index (χ4n) is 3.64. The molecule has 1 aromatic carbocycles. The molecular weight excluding hydrogens is 366 g/mol. The number of nitrogens with zero attached hydrogens (tertiary/aromatic N) is 1. The maximum Gasteiger partial charge on any atom is 0.308 e. The smallest absolute Gasteiger partial charge is 0.308 e. The van der Waals surface area contributed by atoms with E-state index in [9.17, 15) is 19.5 Å². The van der Waals surface area contributed by atoms with E-state index < -0.39 is 17.8 Å². The second-order valence-electron chi connectivity index (χ2n) is 6.84. The molecule has 2 aliphatic rings. The third-order valence-corrected chi connectivity index (χ3v) is 5.81. The van der Waals surface area contributed by atoms with Crippen LogP contribution in [0.1, 0.15) is 35.2 Å². The number of thioether (sulfide) groups is 1. The lowest BCUT2D eigenvalue weighted by atomic mass is 9.97. The molecular formula is C20H23NO5S. The van der Waals surface area contributed by atoms with Gasteiger partial charge in [0, 0.05) is 29.9 Å². The van der Waals surface area contributed by atoms with E-state index in [2.05, 4.69) is 0 Å². The number of carboxylic acid groups (broad SMARTS) is 1. The molecule has 0 saturated carbocycles. The minimum atomic E-state index is -1.12. The molecule has 0 unspecified atom stereocenters. The number of benzene rings is 1. The highest BCUT2D eigenvalue weighted by Crippen LogP contribution is 2.37. The van der Waals surface area contributed by atoms with E-state index in [1.165, 1.54) is 11.8 Å². The zero-order valence-corrected chi connectivity index (χ0v) is 16.3. The maximum absolute atomic E-state index is 13.2. The number of carbonyl (C=O) groups excluding carboxylic acids is 2. The number of aliphatic carboxylic acids is 1. The lowest BCUT2D eigenvalue weighted by Gasteiger charge is -2.27. The van der Waals surface area contributed by atoms with Gasteiger partial charge in [0.2, 0.25) is 0 Å². The SMILES string of the molecule is CS[C@H]1C(C(=O)c2cccc(C)c2)=C(CC(=O)O)C(=O)N1C[C@@H]1CCCO1. The van der Waals surface area contributed by atoms with Gasteiger partial charge >= 0.3 is 5.97 Å². The summed E-state index contributed by atoms with van der Waals surface area (Å²) in [5, 5.41) is 8.79. The van der Waals surface area contributed by atoms with Crippen LogP contribution < -0.4 is 0 Å². The Morgan fingerprint density at radius 3 is 2.74 bits per heavy atom. The van der Waals surface area contributed by atoms with E-state index in [1.54, 1.807) is 23.1 Å². The summed E-state index contributed by atoms with van der Waals surface area (Å²) in [4.78, 5) is 39.2. The first-order valence-corrected chi connectivity index (χ1v) is 10.2. The summed E-state index contributed by atoms with van der Waals surface area (Å²) in [6.45, 7) is 2.93. The van der Waals surface area contributed by atoms with Crippen LogP contribution in [0.25, 0.3) is 0 Å². The van der Waals surface area contributed by atoms with Gasteiger partial charge in [-0.1, -0.05) is 23.8 Å². The van der Waals surface area contributed by atoms with Crippen molar-refractivity contribution in [3.63, 3.8) is 0 Å². The highest BCUT2D eigenvalue weighted by Gasteiger charge is 2.43. The van der Waals surface area contributed by atoms with Crippen LogP contribution in [0, 0.1) is 6.92 Å². The highest BCUT2D eigenvalue weighted by molar-refractivity contribution is 7.99. The molecule has 1 aromatic rings. The lowest BCUT2D eigenvalue weighted by molar-refractivity contribution is -0.137. The minimum Gasteiger partial charge on any atom is -0.481 e. The minimum absolute atomic E-state index is 0.0666. The second-order valence-corrected chi connectivity index (χ2v) is 7.76. The van der Waals surface area contributed by atoms with Crippen molar-refractivity contribution in [2.45, 2.75) is 37.7 Å². The van der Waals surface area contributed by atoms with Crippen molar-refractivity contribution < 1.29 is 24.2 Å².